The lowest BCUT2D eigenvalue weighted by molar-refractivity contribution is 0.0696. The SMILES string of the molecule is CCc1cc(C(=O)O)cc(NCc2cccc(F)c2)n1. The second-order valence-electron chi connectivity index (χ2n) is 4.37. The van der Waals surface area contributed by atoms with E-state index in [0.29, 0.717) is 24.5 Å². The summed E-state index contributed by atoms with van der Waals surface area (Å²) >= 11 is 0. The Morgan fingerprint density at radius 1 is 1.35 bits per heavy atom. The maximum Gasteiger partial charge on any atom is 0.335 e. The minimum atomic E-state index is -0.990. The number of aryl methyl sites for hydroxylation is 1. The molecule has 5 heteroatoms. The highest BCUT2D eigenvalue weighted by atomic mass is 19.1. The Hall–Kier alpha value is -2.43. The van der Waals surface area contributed by atoms with Gasteiger partial charge >= 0.3 is 5.97 Å². The summed E-state index contributed by atoms with van der Waals surface area (Å²) in [6, 6.07) is 9.25. The molecule has 0 radical (unpaired) electrons. The number of nitrogens with zero attached hydrogens (tertiary/aromatic N) is 1. The number of carboxylic acid groups (broad SMARTS) is 1. The first-order chi connectivity index (χ1) is 9.58. The third kappa shape index (κ3) is 3.54. The van der Waals surface area contributed by atoms with Crippen LogP contribution in [0.4, 0.5) is 10.2 Å². The molecule has 0 atom stereocenters. The van der Waals surface area contributed by atoms with Gasteiger partial charge < -0.3 is 10.4 Å². The molecule has 0 amide bonds. The molecule has 2 aromatic rings. The lowest BCUT2D eigenvalue weighted by Gasteiger charge is -2.08. The molecule has 0 spiro atoms. The number of halogens is 1. The van der Waals surface area contributed by atoms with Crippen molar-refractivity contribution >= 4 is 11.8 Å². The Balaban J connectivity index is 2.16. The molecule has 20 heavy (non-hydrogen) atoms. The number of hydrogen-bond donors (Lipinski definition) is 2. The van der Waals surface area contributed by atoms with E-state index in [0.717, 1.165) is 5.56 Å². The first-order valence-electron chi connectivity index (χ1n) is 6.31. The van der Waals surface area contributed by atoms with Crippen molar-refractivity contribution in [1.82, 2.24) is 4.98 Å². The molecular weight excluding hydrogens is 259 g/mol. The summed E-state index contributed by atoms with van der Waals surface area (Å²) in [5.41, 5.74) is 1.66. The Bertz CT molecular complexity index is 629. The van der Waals surface area contributed by atoms with Gasteiger partial charge in [0.05, 0.1) is 5.56 Å². The molecule has 1 heterocycles. The first-order valence-corrected chi connectivity index (χ1v) is 6.31. The van der Waals surface area contributed by atoms with E-state index in [1.54, 1.807) is 18.2 Å². The van der Waals surface area contributed by atoms with Crippen LogP contribution in [-0.2, 0) is 13.0 Å². The number of benzene rings is 1. The number of anilines is 1. The van der Waals surface area contributed by atoms with E-state index in [1.807, 2.05) is 6.92 Å². The molecule has 104 valence electrons. The number of pyridine rings is 1. The molecule has 4 nitrogen and oxygen atoms in total. The van der Waals surface area contributed by atoms with Crippen molar-refractivity contribution in [3.05, 3.63) is 59.0 Å². The van der Waals surface area contributed by atoms with E-state index in [2.05, 4.69) is 10.3 Å². The van der Waals surface area contributed by atoms with Crippen LogP contribution in [0.3, 0.4) is 0 Å². The smallest absolute Gasteiger partial charge is 0.335 e. The Morgan fingerprint density at radius 3 is 2.80 bits per heavy atom. The number of hydrogen-bond acceptors (Lipinski definition) is 3. The van der Waals surface area contributed by atoms with Gasteiger partial charge in [-0.25, -0.2) is 14.2 Å². The quantitative estimate of drug-likeness (QED) is 0.879. The van der Waals surface area contributed by atoms with Crippen molar-refractivity contribution < 1.29 is 14.3 Å². The average molecular weight is 274 g/mol. The van der Waals surface area contributed by atoms with Gasteiger partial charge in [0.15, 0.2) is 0 Å². The van der Waals surface area contributed by atoms with Gasteiger partial charge in [-0.05, 0) is 36.2 Å². The predicted molar refractivity (Wildman–Crippen MR) is 74.3 cm³/mol. The van der Waals surface area contributed by atoms with E-state index in [-0.39, 0.29) is 11.4 Å². The summed E-state index contributed by atoms with van der Waals surface area (Å²) in [4.78, 5) is 15.3. The fraction of sp³-hybridized carbons (Fsp3) is 0.200. The molecular formula is C15H15FN2O2. The van der Waals surface area contributed by atoms with Gasteiger partial charge in [-0.2, -0.15) is 0 Å². The van der Waals surface area contributed by atoms with Crippen molar-refractivity contribution in [2.75, 3.05) is 5.32 Å². The molecule has 0 bridgehead atoms. The van der Waals surface area contributed by atoms with Crippen LogP contribution in [0.5, 0.6) is 0 Å². The van der Waals surface area contributed by atoms with Crippen LogP contribution in [0.15, 0.2) is 36.4 Å². The van der Waals surface area contributed by atoms with Crippen molar-refractivity contribution in [1.29, 1.82) is 0 Å². The van der Waals surface area contributed by atoms with Gasteiger partial charge in [0.25, 0.3) is 0 Å². The second kappa shape index (κ2) is 6.14. The standard InChI is InChI=1S/C15H15FN2O2/c1-2-13-7-11(15(19)20)8-14(18-13)17-9-10-4-3-5-12(16)6-10/h3-8H,2,9H2,1H3,(H,17,18)(H,19,20). The number of carboxylic acids is 1. The summed E-state index contributed by atoms with van der Waals surface area (Å²) in [5, 5.41) is 12.1. The van der Waals surface area contributed by atoms with Crippen LogP contribution in [0, 0.1) is 5.82 Å². The molecule has 0 aliphatic rings. The fourth-order valence-electron chi connectivity index (χ4n) is 1.82. The number of aromatic carboxylic acids is 1. The lowest BCUT2D eigenvalue weighted by Crippen LogP contribution is -2.06. The fourth-order valence-corrected chi connectivity index (χ4v) is 1.82. The number of carbonyl (C=O) groups is 1. The van der Waals surface area contributed by atoms with E-state index in [9.17, 15) is 9.18 Å². The molecule has 0 fully saturated rings. The number of rotatable bonds is 5. The number of nitrogens with one attached hydrogen (secondary N) is 1. The van der Waals surface area contributed by atoms with Crippen molar-refractivity contribution in [2.45, 2.75) is 19.9 Å². The summed E-state index contributed by atoms with van der Waals surface area (Å²) in [7, 11) is 0. The second-order valence-corrected chi connectivity index (χ2v) is 4.37. The summed E-state index contributed by atoms with van der Waals surface area (Å²) in [5.74, 6) is -0.812. The van der Waals surface area contributed by atoms with Gasteiger partial charge in [0.2, 0.25) is 0 Å². The molecule has 0 saturated heterocycles. The maximum absolute atomic E-state index is 13.1. The molecule has 0 saturated carbocycles. The summed E-state index contributed by atoms with van der Waals surface area (Å²) in [6.07, 6.45) is 0.649. The highest BCUT2D eigenvalue weighted by molar-refractivity contribution is 5.88. The zero-order valence-corrected chi connectivity index (χ0v) is 11.1. The number of aromatic nitrogens is 1. The average Bonchev–Trinajstić information content (AvgIpc) is 2.45. The molecule has 1 aromatic carbocycles. The predicted octanol–water partition coefficient (Wildman–Crippen LogP) is 3.09. The van der Waals surface area contributed by atoms with Gasteiger partial charge in [0, 0.05) is 12.2 Å². The normalized spacial score (nSPS) is 10.3. The molecule has 0 unspecified atom stereocenters. The third-order valence-corrected chi connectivity index (χ3v) is 2.85. The van der Waals surface area contributed by atoms with Crippen LogP contribution in [-0.4, -0.2) is 16.1 Å². The molecule has 1 aromatic heterocycles. The van der Waals surface area contributed by atoms with Gasteiger partial charge in [-0.15, -0.1) is 0 Å². The van der Waals surface area contributed by atoms with E-state index >= 15 is 0 Å². The van der Waals surface area contributed by atoms with Gasteiger partial charge in [-0.3, -0.25) is 0 Å². The summed E-state index contributed by atoms with van der Waals surface area (Å²) in [6.45, 7) is 2.29. The molecule has 2 N–H and O–H groups in total. The highest BCUT2D eigenvalue weighted by Gasteiger charge is 2.07. The van der Waals surface area contributed by atoms with Gasteiger partial charge in [-0.1, -0.05) is 19.1 Å². The lowest BCUT2D eigenvalue weighted by atomic mass is 10.2. The van der Waals surface area contributed by atoms with Gasteiger partial charge in [0.1, 0.15) is 11.6 Å². The van der Waals surface area contributed by atoms with Crippen LogP contribution in [0.1, 0.15) is 28.5 Å². The van der Waals surface area contributed by atoms with Crippen LogP contribution in [0.25, 0.3) is 0 Å². The minimum Gasteiger partial charge on any atom is -0.478 e. The molecule has 2 rings (SSSR count). The topological polar surface area (TPSA) is 62.2 Å². The zero-order chi connectivity index (χ0) is 14.5. The van der Waals surface area contributed by atoms with E-state index < -0.39 is 5.97 Å². The minimum absolute atomic E-state index is 0.193. The zero-order valence-electron chi connectivity index (χ0n) is 11.1. The van der Waals surface area contributed by atoms with Crippen LogP contribution >= 0.6 is 0 Å². The third-order valence-electron chi connectivity index (χ3n) is 2.85. The summed E-state index contributed by atoms with van der Waals surface area (Å²) < 4.78 is 13.1. The monoisotopic (exact) mass is 274 g/mol. The van der Waals surface area contributed by atoms with E-state index in [4.69, 9.17) is 5.11 Å². The largest absolute Gasteiger partial charge is 0.478 e. The first kappa shape index (κ1) is 14.0. The van der Waals surface area contributed by atoms with E-state index in [1.165, 1.54) is 18.2 Å². The van der Waals surface area contributed by atoms with Crippen LogP contribution < -0.4 is 5.32 Å². The van der Waals surface area contributed by atoms with Crippen LogP contribution in [0.2, 0.25) is 0 Å². The van der Waals surface area contributed by atoms with Crippen molar-refractivity contribution in [3.63, 3.8) is 0 Å². The maximum atomic E-state index is 13.1. The Morgan fingerprint density at radius 2 is 2.15 bits per heavy atom. The van der Waals surface area contributed by atoms with Crippen molar-refractivity contribution in [2.24, 2.45) is 0 Å². The molecule has 0 aliphatic heterocycles. The molecule has 0 aliphatic carbocycles. The Kier molecular flexibility index (Phi) is 4.30. The van der Waals surface area contributed by atoms with Crippen molar-refractivity contribution in [3.8, 4) is 0 Å². The highest BCUT2D eigenvalue weighted by Crippen LogP contribution is 2.13. The Labute approximate surface area is 116 Å².